The van der Waals surface area contributed by atoms with Gasteiger partial charge in [0.1, 0.15) is 0 Å². The average Bonchev–Trinajstić information content (AvgIpc) is 2.79. The molecule has 2 fully saturated rings. The van der Waals surface area contributed by atoms with Crippen LogP contribution in [-0.4, -0.2) is 54.3 Å². The second-order valence-electron chi connectivity index (χ2n) is 9.20. The first kappa shape index (κ1) is 25.4. The van der Waals surface area contributed by atoms with Crippen LogP contribution in [0, 0.1) is 11.7 Å². The molecule has 2 aliphatic rings. The van der Waals surface area contributed by atoms with E-state index in [0.717, 1.165) is 30.7 Å². The number of hydrogen-bond donors (Lipinski definition) is 1. The maximum Gasteiger partial charge on any atom is 0.522 e. The van der Waals surface area contributed by atoms with E-state index in [1.807, 2.05) is 24.3 Å². The highest BCUT2D eigenvalue weighted by molar-refractivity contribution is 5.59. The molecule has 0 bridgehead atoms. The van der Waals surface area contributed by atoms with Gasteiger partial charge in [-0.1, -0.05) is 0 Å². The van der Waals surface area contributed by atoms with Crippen LogP contribution in [0.25, 0.3) is 0 Å². The van der Waals surface area contributed by atoms with Gasteiger partial charge in [-0.2, -0.15) is 9.37 Å². The van der Waals surface area contributed by atoms with Crippen molar-refractivity contribution in [2.75, 3.05) is 29.9 Å². The summed E-state index contributed by atoms with van der Waals surface area (Å²) in [6.07, 6.45) is -2.53. The number of alkyl halides is 3. The number of morpholine rings is 1. The van der Waals surface area contributed by atoms with E-state index >= 15 is 0 Å². The molecular weight excluding hydrogens is 468 g/mol. The van der Waals surface area contributed by atoms with Crippen LogP contribution in [0.15, 0.2) is 30.5 Å². The normalized spacial score (nSPS) is 25.4. The standard InChI is InChI=1S/C24H30F4N4O3/c1-15-12-32(13-16(2)34-15)19-7-5-18(6-8-19)30-23-29-11-21(25)22(31-23)33-14-17-3-9-20(10-4-17)35-24(26,27)28/h5-8,11,15-17,20H,3-4,9-10,12-14H2,1-2H3,(H,29,30,31)/t15-,16+,17?,20?. The van der Waals surface area contributed by atoms with Crippen LogP contribution in [-0.2, 0) is 9.47 Å². The van der Waals surface area contributed by atoms with Gasteiger partial charge in [0.05, 0.1) is 31.1 Å². The average molecular weight is 499 g/mol. The largest absolute Gasteiger partial charge is 0.522 e. The lowest BCUT2D eigenvalue weighted by Gasteiger charge is -2.36. The molecule has 7 nitrogen and oxygen atoms in total. The zero-order valence-electron chi connectivity index (χ0n) is 19.7. The Labute approximate surface area is 201 Å². The molecule has 2 atom stereocenters. The summed E-state index contributed by atoms with van der Waals surface area (Å²) in [5, 5.41) is 3.05. The SMILES string of the molecule is C[C@@H]1CN(c2ccc(Nc3ncc(F)c(OCC4CCC(OC(F)(F)F)CC4)n3)cc2)C[C@H](C)O1. The number of hydrogen-bond acceptors (Lipinski definition) is 7. The van der Waals surface area contributed by atoms with Gasteiger partial charge < -0.3 is 19.7 Å². The maximum absolute atomic E-state index is 14.2. The van der Waals surface area contributed by atoms with E-state index in [0.29, 0.717) is 12.8 Å². The van der Waals surface area contributed by atoms with Gasteiger partial charge >= 0.3 is 6.36 Å². The van der Waals surface area contributed by atoms with Gasteiger partial charge in [0.25, 0.3) is 5.88 Å². The summed E-state index contributed by atoms with van der Waals surface area (Å²) in [6.45, 7) is 5.90. The molecule has 1 saturated carbocycles. The molecule has 2 heterocycles. The summed E-state index contributed by atoms with van der Waals surface area (Å²) >= 11 is 0. The molecule has 192 valence electrons. The first-order valence-corrected chi connectivity index (χ1v) is 11.8. The summed E-state index contributed by atoms with van der Waals surface area (Å²) in [5.41, 5.74) is 1.82. The molecule has 0 radical (unpaired) electrons. The number of halogens is 4. The van der Waals surface area contributed by atoms with Crippen molar-refractivity contribution in [1.29, 1.82) is 0 Å². The number of benzene rings is 1. The molecule has 1 aliphatic heterocycles. The molecule has 1 aromatic heterocycles. The molecule has 1 aliphatic carbocycles. The minimum absolute atomic E-state index is 0.00651. The van der Waals surface area contributed by atoms with Crippen LogP contribution >= 0.6 is 0 Å². The molecule has 0 amide bonds. The molecule has 4 rings (SSSR count). The molecule has 35 heavy (non-hydrogen) atoms. The second-order valence-corrected chi connectivity index (χ2v) is 9.20. The fourth-order valence-corrected chi connectivity index (χ4v) is 4.59. The summed E-state index contributed by atoms with van der Waals surface area (Å²) in [4.78, 5) is 10.4. The van der Waals surface area contributed by atoms with Crippen LogP contribution in [0.3, 0.4) is 0 Å². The van der Waals surface area contributed by atoms with Crippen LogP contribution in [0.4, 0.5) is 34.9 Å². The quantitative estimate of drug-likeness (QED) is 0.510. The van der Waals surface area contributed by atoms with Gasteiger partial charge in [0.2, 0.25) is 11.8 Å². The zero-order valence-corrected chi connectivity index (χ0v) is 19.7. The molecular formula is C24H30F4N4O3. The summed E-state index contributed by atoms with van der Waals surface area (Å²) in [7, 11) is 0. The molecule has 0 unspecified atom stereocenters. The summed E-state index contributed by atoms with van der Waals surface area (Å²) in [6, 6.07) is 7.78. The number of rotatable bonds is 7. The number of ether oxygens (including phenoxy) is 3. The second kappa shape index (κ2) is 10.9. The van der Waals surface area contributed by atoms with Gasteiger partial charge in [-0.05, 0) is 69.7 Å². The molecule has 1 N–H and O–H groups in total. The van der Waals surface area contributed by atoms with Crippen molar-refractivity contribution in [2.24, 2.45) is 5.92 Å². The topological polar surface area (TPSA) is 68.7 Å². The van der Waals surface area contributed by atoms with Gasteiger partial charge in [-0.3, -0.25) is 4.74 Å². The predicted molar refractivity (Wildman–Crippen MR) is 122 cm³/mol. The highest BCUT2D eigenvalue weighted by Crippen LogP contribution is 2.31. The van der Waals surface area contributed by atoms with Crippen molar-refractivity contribution in [1.82, 2.24) is 9.97 Å². The van der Waals surface area contributed by atoms with Crippen molar-refractivity contribution in [3.8, 4) is 5.88 Å². The Balaban J connectivity index is 1.30. The lowest BCUT2D eigenvalue weighted by Crippen LogP contribution is -2.45. The Bertz CT molecular complexity index is 958. The molecule has 1 saturated heterocycles. The van der Waals surface area contributed by atoms with Crippen molar-refractivity contribution >= 4 is 17.3 Å². The predicted octanol–water partition coefficient (Wildman–Crippen LogP) is 5.45. The number of aromatic nitrogens is 2. The van der Waals surface area contributed by atoms with Gasteiger partial charge in [-0.15, -0.1) is 13.2 Å². The smallest absolute Gasteiger partial charge is 0.475 e. The third-order valence-corrected chi connectivity index (χ3v) is 6.17. The van der Waals surface area contributed by atoms with Crippen molar-refractivity contribution in [3.05, 3.63) is 36.3 Å². The van der Waals surface area contributed by atoms with E-state index < -0.39 is 18.3 Å². The highest BCUT2D eigenvalue weighted by atomic mass is 19.4. The number of nitrogens with one attached hydrogen (secondary N) is 1. The fourth-order valence-electron chi connectivity index (χ4n) is 4.59. The van der Waals surface area contributed by atoms with Crippen molar-refractivity contribution in [3.63, 3.8) is 0 Å². The van der Waals surface area contributed by atoms with E-state index in [4.69, 9.17) is 9.47 Å². The first-order valence-electron chi connectivity index (χ1n) is 11.8. The van der Waals surface area contributed by atoms with Crippen molar-refractivity contribution in [2.45, 2.75) is 64.2 Å². The third kappa shape index (κ3) is 7.41. The molecule has 11 heteroatoms. The molecule has 0 spiro atoms. The summed E-state index contributed by atoms with van der Waals surface area (Å²) < 4.78 is 66.7. The van der Waals surface area contributed by atoms with Crippen LogP contribution < -0.4 is 15.0 Å². The molecule has 1 aromatic carbocycles. The van der Waals surface area contributed by atoms with E-state index in [1.165, 1.54) is 0 Å². The minimum atomic E-state index is -4.62. The Morgan fingerprint density at radius 2 is 1.71 bits per heavy atom. The lowest BCUT2D eigenvalue weighted by atomic mass is 9.88. The van der Waals surface area contributed by atoms with E-state index in [9.17, 15) is 17.6 Å². The summed E-state index contributed by atoms with van der Waals surface area (Å²) in [5.74, 6) is -0.697. The minimum Gasteiger partial charge on any atom is -0.475 e. The highest BCUT2D eigenvalue weighted by Gasteiger charge is 2.35. The Kier molecular flexibility index (Phi) is 7.95. The Hall–Kier alpha value is -2.66. The monoisotopic (exact) mass is 498 g/mol. The van der Waals surface area contributed by atoms with E-state index in [1.54, 1.807) is 0 Å². The van der Waals surface area contributed by atoms with Crippen LogP contribution in [0.2, 0.25) is 0 Å². The van der Waals surface area contributed by atoms with E-state index in [2.05, 4.69) is 38.8 Å². The van der Waals surface area contributed by atoms with Crippen molar-refractivity contribution < 1.29 is 31.8 Å². The van der Waals surface area contributed by atoms with Gasteiger partial charge in [-0.25, -0.2) is 4.98 Å². The maximum atomic E-state index is 14.2. The van der Waals surface area contributed by atoms with E-state index in [-0.39, 0.29) is 49.4 Å². The van der Waals surface area contributed by atoms with Crippen LogP contribution in [0.5, 0.6) is 5.88 Å². The first-order chi connectivity index (χ1) is 16.6. The Morgan fingerprint density at radius 1 is 1.06 bits per heavy atom. The lowest BCUT2D eigenvalue weighted by molar-refractivity contribution is -0.345. The zero-order chi connectivity index (χ0) is 25.0. The number of anilines is 3. The number of nitrogens with zero attached hydrogens (tertiary/aromatic N) is 3. The van der Waals surface area contributed by atoms with Gasteiger partial charge in [0, 0.05) is 24.5 Å². The fraction of sp³-hybridized carbons (Fsp3) is 0.583. The van der Waals surface area contributed by atoms with Crippen LogP contribution in [0.1, 0.15) is 39.5 Å². The third-order valence-electron chi connectivity index (χ3n) is 6.17. The Morgan fingerprint density at radius 3 is 2.34 bits per heavy atom. The van der Waals surface area contributed by atoms with Gasteiger partial charge in [0.15, 0.2) is 0 Å². The molecule has 2 aromatic rings.